The van der Waals surface area contributed by atoms with E-state index < -0.39 is 0 Å². The summed E-state index contributed by atoms with van der Waals surface area (Å²) in [5.74, 6) is 0. The zero-order valence-electron chi connectivity index (χ0n) is 17.4. The second-order valence-corrected chi connectivity index (χ2v) is 8.41. The average molecular weight is 419 g/mol. The first-order chi connectivity index (χ1) is 12.4. The fourth-order valence-electron chi connectivity index (χ4n) is 3.57. The van der Waals surface area contributed by atoms with Crippen LogP contribution < -0.4 is 5.32 Å². The van der Waals surface area contributed by atoms with Crippen LogP contribution in [-0.2, 0) is 0 Å². The Morgan fingerprint density at radius 2 is 0.840 bits per heavy atom. The van der Waals surface area contributed by atoms with E-state index in [-0.39, 0.29) is 0 Å². The van der Waals surface area contributed by atoms with Gasteiger partial charge in [-0.05, 0) is 13.0 Å². The van der Waals surface area contributed by atoms with Crippen LogP contribution >= 0.6 is 15.9 Å². The lowest BCUT2D eigenvalue weighted by atomic mass is 10.0. The summed E-state index contributed by atoms with van der Waals surface area (Å²) in [4.78, 5) is 0. The molecular weight excluding hydrogens is 370 g/mol. The van der Waals surface area contributed by atoms with Crippen LogP contribution in [-0.4, -0.2) is 12.0 Å². The molecule has 0 amide bonds. The van der Waals surface area contributed by atoms with Crippen LogP contribution in [0.25, 0.3) is 0 Å². The maximum Gasteiger partial charge on any atom is 0.0517 e. The molecule has 1 N–H and O–H groups in total. The number of alkyl halides is 1. The first-order valence-electron chi connectivity index (χ1n) is 11.7. The fourth-order valence-corrected chi connectivity index (χ4v) is 3.85. The van der Waals surface area contributed by atoms with Crippen LogP contribution in [0.4, 0.5) is 0 Å². The minimum Gasteiger partial charge on any atom is -0.307 e. The second kappa shape index (κ2) is 24.4. The van der Waals surface area contributed by atoms with E-state index in [1.807, 2.05) is 0 Å². The highest BCUT2D eigenvalue weighted by Gasteiger charge is 1.95. The molecule has 0 aromatic carbocycles. The van der Waals surface area contributed by atoms with Gasteiger partial charge < -0.3 is 5.32 Å². The lowest BCUT2D eigenvalue weighted by Gasteiger charge is -2.05. The second-order valence-electron chi connectivity index (χ2n) is 7.85. The molecule has 0 aromatic heterocycles. The van der Waals surface area contributed by atoms with Gasteiger partial charge in [0.15, 0.2) is 0 Å². The minimum atomic E-state index is 0.936. The molecule has 1 aliphatic rings. The number of halogens is 1. The van der Waals surface area contributed by atoms with Gasteiger partial charge >= 0.3 is 0 Å². The van der Waals surface area contributed by atoms with Crippen molar-refractivity contribution in [3.8, 4) is 0 Å². The van der Waals surface area contributed by atoms with E-state index in [1.165, 1.54) is 135 Å². The lowest BCUT2D eigenvalue weighted by Crippen LogP contribution is -2.11. The zero-order chi connectivity index (χ0) is 18.3. The molecule has 1 aliphatic carbocycles. The van der Waals surface area contributed by atoms with E-state index in [4.69, 9.17) is 0 Å². The van der Waals surface area contributed by atoms with Crippen molar-refractivity contribution in [3.63, 3.8) is 0 Å². The Morgan fingerprint density at radius 1 is 0.520 bits per heavy atom. The van der Waals surface area contributed by atoms with Gasteiger partial charge in [0.25, 0.3) is 0 Å². The van der Waals surface area contributed by atoms with Crippen LogP contribution in [0.15, 0.2) is 0 Å². The number of nitrogens with one attached hydrogen (secondary N) is 1. The Hall–Kier alpha value is 0.440. The molecule has 1 saturated carbocycles. The summed E-state index contributed by atoms with van der Waals surface area (Å²) in [5.41, 5.74) is 0.936. The molecule has 0 spiro atoms. The van der Waals surface area contributed by atoms with Crippen LogP contribution in [0.5, 0.6) is 0 Å². The Kier molecular flexibility index (Phi) is 24.9. The average Bonchev–Trinajstić information content (AvgIpc) is 2.67. The van der Waals surface area contributed by atoms with E-state index in [1.54, 1.807) is 0 Å². The van der Waals surface area contributed by atoms with E-state index >= 15 is 0 Å². The van der Waals surface area contributed by atoms with Crippen LogP contribution in [0.3, 0.4) is 0 Å². The molecule has 0 aromatic rings. The molecule has 0 saturated heterocycles. The van der Waals surface area contributed by atoms with Crippen LogP contribution in [0, 0.1) is 0 Å². The van der Waals surface area contributed by atoms with Crippen molar-refractivity contribution in [1.29, 1.82) is 0 Å². The number of unbranched alkanes of at least 4 members (excludes halogenated alkanes) is 13. The highest BCUT2D eigenvalue weighted by atomic mass is 79.9. The summed E-state index contributed by atoms with van der Waals surface area (Å²) < 4.78 is 0. The summed E-state index contributed by atoms with van der Waals surface area (Å²) in [5, 5.41) is 3.31. The van der Waals surface area contributed by atoms with Crippen molar-refractivity contribution >= 4 is 15.9 Å². The molecule has 1 nitrogen and oxygen atoms in total. The van der Waals surface area contributed by atoms with Crippen molar-refractivity contribution in [2.45, 2.75) is 135 Å². The maximum atomic E-state index is 3.38. The third-order valence-corrected chi connectivity index (χ3v) is 5.70. The molecule has 0 unspecified atom stereocenters. The monoisotopic (exact) mass is 417 g/mol. The van der Waals surface area contributed by atoms with Gasteiger partial charge in [-0.25, -0.2) is 0 Å². The van der Waals surface area contributed by atoms with Crippen molar-refractivity contribution in [2.75, 3.05) is 12.0 Å². The van der Waals surface area contributed by atoms with Crippen molar-refractivity contribution in [2.24, 2.45) is 0 Å². The molecule has 0 bridgehead atoms. The fraction of sp³-hybridized carbons (Fsp3) is 1.00. The minimum absolute atomic E-state index is 0.936. The highest BCUT2D eigenvalue weighted by Crippen LogP contribution is 2.15. The third kappa shape index (κ3) is 24.4. The normalized spacial score (nSPS) is 14.2. The molecule has 2 heteroatoms. The van der Waals surface area contributed by atoms with Gasteiger partial charge in [-0.2, -0.15) is 0 Å². The molecule has 1 fully saturated rings. The van der Waals surface area contributed by atoms with Gasteiger partial charge in [0.1, 0.15) is 0 Å². The summed E-state index contributed by atoms with van der Waals surface area (Å²) in [6, 6.07) is 0. The molecule has 152 valence electrons. The molecule has 0 radical (unpaired) electrons. The number of hydrogen-bond acceptors (Lipinski definition) is 1. The summed E-state index contributed by atoms with van der Waals surface area (Å²) in [6.07, 6.45) is 29.2. The molecule has 1 rings (SSSR count). The van der Waals surface area contributed by atoms with Gasteiger partial charge in [0, 0.05) is 0 Å². The SMILES string of the molecule is C1CCCCC1.CCCCCCCCCCCCCCCCNCBr. The van der Waals surface area contributed by atoms with Crippen molar-refractivity contribution < 1.29 is 0 Å². The summed E-state index contributed by atoms with van der Waals surface area (Å²) >= 11 is 3.38. The van der Waals surface area contributed by atoms with Crippen LogP contribution in [0.1, 0.15) is 135 Å². The van der Waals surface area contributed by atoms with E-state index in [0.29, 0.717) is 0 Å². The van der Waals surface area contributed by atoms with Crippen molar-refractivity contribution in [1.82, 2.24) is 5.32 Å². The smallest absolute Gasteiger partial charge is 0.0517 e. The number of rotatable bonds is 16. The molecule has 0 atom stereocenters. The van der Waals surface area contributed by atoms with Crippen molar-refractivity contribution in [3.05, 3.63) is 0 Å². The van der Waals surface area contributed by atoms with E-state index in [9.17, 15) is 0 Å². The molecule has 0 heterocycles. The summed E-state index contributed by atoms with van der Waals surface area (Å²) in [7, 11) is 0. The third-order valence-electron chi connectivity index (χ3n) is 5.30. The van der Waals surface area contributed by atoms with Gasteiger partial charge in [-0.1, -0.05) is 145 Å². The Labute approximate surface area is 168 Å². The van der Waals surface area contributed by atoms with Gasteiger partial charge in [0.2, 0.25) is 0 Å². The highest BCUT2D eigenvalue weighted by molar-refractivity contribution is 9.09. The van der Waals surface area contributed by atoms with E-state index in [2.05, 4.69) is 28.2 Å². The zero-order valence-corrected chi connectivity index (χ0v) is 19.0. The Bertz CT molecular complexity index is 189. The molecular formula is C23H48BrN. The standard InChI is InChI=1S/C17H36BrN.C6H12/c1-2-3-4-5-6-7-8-9-10-11-12-13-14-15-16-19-17-18;1-2-4-6-5-3-1/h19H,2-17H2,1H3;1-6H2. The quantitative estimate of drug-likeness (QED) is 0.150. The Balaban J connectivity index is 0.000000796. The first kappa shape index (κ1) is 25.4. The topological polar surface area (TPSA) is 12.0 Å². The predicted molar refractivity (Wildman–Crippen MR) is 120 cm³/mol. The predicted octanol–water partition coefficient (Wildman–Crippen LogP) is 8.75. The summed E-state index contributed by atoms with van der Waals surface area (Å²) in [6.45, 7) is 3.46. The molecule has 0 aliphatic heterocycles. The lowest BCUT2D eigenvalue weighted by molar-refractivity contribution is 0.504. The van der Waals surface area contributed by atoms with Gasteiger partial charge in [-0.3, -0.25) is 0 Å². The Morgan fingerprint density at radius 3 is 1.16 bits per heavy atom. The van der Waals surface area contributed by atoms with Gasteiger partial charge in [0.05, 0.1) is 5.45 Å². The maximum absolute atomic E-state index is 3.38. The number of hydrogen-bond donors (Lipinski definition) is 1. The first-order valence-corrected chi connectivity index (χ1v) is 12.8. The molecule has 25 heavy (non-hydrogen) atoms. The van der Waals surface area contributed by atoms with E-state index in [0.717, 1.165) is 5.45 Å². The van der Waals surface area contributed by atoms with Crippen LogP contribution in [0.2, 0.25) is 0 Å². The van der Waals surface area contributed by atoms with Gasteiger partial charge in [-0.15, -0.1) is 0 Å². The largest absolute Gasteiger partial charge is 0.307 e.